The summed E-state index contributed by atoms with van der Waals surface area (Å²) in [5.41, 5.74) is 4.06. The monoisotopic (exact) mass is 464 g/mol. The van der Waals surface area contributed by atoms with Gasteiger partial charge in [-0.15, -0.1) is 5.10 Å². The van der Waals surface area contributed by atoms with Crippen molar-refractivity contribution in [3.05, 3.63) is 51.1 Å². The summed E-state index contributed by atoms with van der Waals surface area (Å²) < 4.78 is 7.79. The SMILES string of the molecule is CC[C@@H](c1nnnn1C[C@@H]1CCCO1)N(Cc1cc2c(C)cc(C)cc2[nH]c1=O)C1CCCC1. The zero-order valence-electron chi connectivity index (χ0n) is 20.6. The molecule has 2 aromatic heterocycles. The molecule has 0 bridgehead atoms. The predicted molar refractivity (Wildman–Crippen MR) is 132 cm³/mol. The Kier molecular flexibility index (Phi) is 6.79. The first-order valence-corrected chi connectivity index (χ1v) is 12.8. The predicted octanol–water partition coefficient (Wildman–Crippen LogP) is 4.21. The lowest BCUT2D eigenvalue weighted by molar-refractivity contribution is 0.0839. The molecule has 2 fully saturated rings. The number of aromatic nitrogens is 5. The Hall–Kier alpha value is -2.58. The third-order valence-corrected chi connectivity index (χ3v) is 7.58. The number of hydrogen-bond acceptors (Lipinski definition) is 6. The highest BCUT2D eigenvalue weighted by Gasteiger charge is 2.33. The number of nitrogens with one attached hydrogen (secondary N) is 1. The molecule has 0 amide bonds. The van der Waals surface area contributed by atoms with E-state index in [0.717, 1.165) is 66.6 Å². The number of benzene rings is 1. The molecule has 0 unspecified atom stereocenters. The Balaban J connectivity index is 1.49. The smallest absolute Gasteiger partial charge is 0.252 e. The van der Waals surface area contributed by atoms with Crippen LogP contribution >= 0.6 is 0 Å². The van der Waals surface area contributed by atoms with Gasteiger partial charge in [0.25, 0.3) is 5.56 Å². The Labute approximate surface area is 200 Å². The molecule has 1 N–H and O–H groups in total. The summed E-state index contributed by atoms with van der Waals surface area (Å²) in [4.78, 5) is 18.8. The quantitative estimate of drug-likeness (QED) is 0.537. The molecule has 1 saturated heterocycles. The highest BCUT2D eigenvalue weighted by Crippen LogP contribution is 2.34. The molecule has 182 valence electrons. The van der Waals surface area contributed by atoms with Gasteiger partial charge in [-0.2, -0.15) is 0 Å². The number of fused-ring (bicyclic) bond motifs is 1. The van der Waals surface area contributed by atoms with E-state index in [1.165, 1.54) is 18.4 Å². The maximum atomic E-state index is 13.2. The molecule has 0 spiro atoms. The van der Waals surface area contributed by atoms with E-state index in [-0.39, 0.29) is 17.7 Å². The molecule has 1 saturated carbocycles. The Morgan fingerprint density at radius 3 is 2.74 bits per heavy atom. The molecular weight excluding hydrogens is 428 g/mol. The third-order valence-electron chi connectivity index (χ3n) is 7.58. The molecule has 3 heterocycles. The summed E-state index contributed by atoms with van der Waals surface area (Å²) >= 11 is 0. The summed E-state index contributed by atoms with van der Waals surface area (Å²) in [6, 6.07) is 6.79. The number of aryl methyl sites for hydroxylation is 2. The van der Waals surface area contributed by atoms with Crippen molar-refractivity contribution < 1.29 is 4.74 Å². The van der Waals surface area contributed by atoms with Crippen LogP contribution in [0.2, 0.25) is 0 Å². The van der Waals surface area contributed by atoms with Gasteiger partial charge in [0.2, 0.25) is 0 Å². The van der Waals surface area contributed by atoms with Gasteiger partial charge in [-0.3, -0.25) is 9.69 Å². The lowest BCUT2D eigenvalue weighted by Gasteiger charge is -2.35. The minimum Gasteiger partial charge on any atom is -0.376 e. The standard InChI is InChI=1S/C26H36N6O2/c1-4-24(25-28-29-30-32(25)16-21-10-7-11-34-21)31(20-8-5-6-9-20)15-19-14-22-18(3)12-17(2)13-23(22)27-26(19)33/h12-14,20-21,24H,4-11,15-16H2,1-3H3,(H,27,33)/t21-,24-/m0/s1. The number of nitrogens with zero attached hydrogens (tertiary/aromatic N) is 5. The van der Waals surface area contributed by atoms with Crippen LogP contribution in [0.1, 0.15) is 80.4 Å². The largest absolute Gasteiger partial charge is 0.376 e. The van der Waals surface area contributed by atoms with Crippen molar-refractivity contribution in [1.82, 2.24) is 30.1 Å². The molecule has 2 atom stereocenters. The van der Waals surface area contributed by atoms with E-state index in [4.69, 9.17) is 4.74 Å². The van der Waals surface area contributed by atoms with E-state index >= 15 is 0 Å². The van der Waals surface area contributed by atoms with Crippen LogP contribution in [-0.4, -0.2) is 48.8 Å². The Morgan fingerprint density at radius 2 is 2.00 bits per heavy atom. The van der Waals surface area contributed by atoms with Gasteiger partial charge in [0, 0.05) is 35.7 Å². The number of H-pyrrole nitrogens is 1. The van der Waals surface area contributed by atoms with Gasteiger partial charge in [-0.05, 0) is 79.6 Å². The lowest BCUT2D eigenvalue weighted by Crippen LogP contribution is -2.39. The van der Waals surface area contributed by atoms with Gasteiger partial charge in [-0.25, -0.2) is 4.68 Å². The Morgan fingerprint density at radius 1 is 1.18 bits per heavy atom. The highest BCUT2D eigenvalue weighted by molar-refractivity contribution is 5.83. The summed E-state index contributed by atoms with van der Waals surface area (Å²) in [7, 11) is 0. The molecule has 5 rings (SSSR count). The first-order chi connectivity index (χ1) is 16.5. The fourth-order valence-electron chi connectivity index (χ4n) is 5.89. The zero-order chi connectivity index (χ0) is 23.7. The molecule has 3 aromatic rings. The topological polar surface area (TPSA) is 88.9 Å². The summed E-state index contributed by atoms with van der Waals surface area (Å²) in [6.07, 6.45) is 7.95. The minimum absolute atomic E-state index is 0.00528. The molecule has 1 aliphatic heterocycles. The Bertz CT molecular complexity index is 1190. The molecule has 2 aliphatic rings. The van der Waals surface area contributed by atoms with Gasteiger partial charge in [0.15, 0.2) is 5.82 Å². The minimum atomic E-state index is -0.00528. The van der Waals surface area contributed by atoms with Crippen LogP contribution in [-0.2, 0) is 17.8 Å². The van der Waals surface area contributed by atoms with E-state index in [2.05, 4.69) is 64.4 Å². The molecule has 1 aromatic carbocycles. The van der Waals surface area contributed by atoms with Crippen molar-refractivity contribution in [1.29, 1.82) is 0 Å². The average molecular weight is 465 g/mol. The normalized spacial score (nSPS) is 20.1. The fourth-order valence-corrected chi connectivity index (χ4v) is 5.89. The van der Waals surface area contributed by atoms with Gasteiger partial charge in [0.1, 0.15) is 0 Å². The van der Waals surface area contributed by atoms with Crippen LogP contribution in [0, 0.1) is 13.8 Å². The fraction of sp³-hybridized carbons (Fsp3) is 0.615. The van der Waals surface area contributed by atoms with Crippen LogP contribution < -0.4 is 5.56 Å². The van der Waals surface area contributed by atoms with Crippen LogP contribution in [0.5, 0.6) is 0 Å². The number of pyridine rings is 1. The van der Waals surface area contributed by atoms with E-state index < -0.39 is 0 Å². The maximum Gasteiger partial charge on any atom is 0.252 e. The van der Waals surface area contributed by atoms with Crippen molar-refractivity contribution >= 4 is 10.9 Å². The second-order valence-electron chi connectivity index (χ2n) is 10.1. The van der Waals surface area contributed by atoms with E-state index in [1.54, 1.807) is 0 Å². The van der Waals surface area contributed by atoms with E-state index in [0.29, 0.717) is 19.1 Å². The van der Waals surface area contributed by atoms with Crippen molar-refractivity contribution in [3.63, 3.8) is 0 Å². The molecule has 8 heteroatoms. The molecule has 1 aliphatic carbocycles. The maximum absolute atomic E-state index is 13.2. The first-order valence-electron chi connectivity index (χ1n) is 12.8. The summed E-state index contributed by atoms with van der Waals surface area (Å²) in [5.74, 6) is 0.883. The van der Waals surface area contributed by atoms with Gasteiger partial charge in [-0.1, -0.05) is 25.8 Å². The number of hydrogen-bond donors (Lipinski definition) is 1. The van der Waals surface area contributed by atoms with Crippen molar-refractivity contribution in [2.75, 3.05) is 6.61 Å². The van der Waals surface area contributed by atoms with Gasteiger partial charge >= 0.3 is 0 Å². The molecular formula is C26H36N6O2. The number of aromatic amines is 1. The number of tetrazole rings is 1. The van der Waals surface area contributed by atoms with Crippen molar-refractivity contribution in [3.8, 4) is 0 Å². The first kappa shape index (κ1) is 23.2. The van der Waals surface area contributed by atoms with Crippen LogP contribution in [0.15, 0.2) is 23.0 Å². The van der Waals surface area contributed by atoms with Crippen LogP contribution in [0.25, 0.3) is 10.9 Å². The lowest BCUT2D eigenvalue weighted by atomic mass is 10.0. The van der Waals surface area contributed by atoms with E-state index in [9.17, 15) is 4.79 Å². The highest BCUT2D eigenvalue weighted by atomic mass is 16.5. The third kappa shape index (κ3) is 4.66. The van der Waals surface area contributed by atoms with Gasteiger partial charge in [0.05, 0.1) is 18.7 Å². The van der Waals surface area contributed by atoms with Crippen molar-refractivity contribution in [2.24, 2.45) is 0 Å². The average Bonchev–Trinajstić information content (AvgIpc) is 3.58. The second-order valence-corrected chi connectivity index (χ2v) is 10.1. The number of ether oxygens (including phenoxy) is 1. The van der Waals surface area contributed by atoms with Crippen molar-refractivity contribution in [2.45, 2.75) is 97.0 Å². The molecule has 34 heavy (non-hydrogen) atoms. The van der Waals surface area contributed by atoms with Crippen LogP contribution in [0.4, 0.5) is 0 Å². The summed E-state index contributed by atoms with van der Waals surface area (Å²) in [5, 5.41) is 14.0. The van der Waals surface area contributed by atoms with Crippen LogP contribution in [0.3, 0.4) is 0 Å². The zero-order valence-corrected chi connectivity index (χ0v) is 20.6. The van der Waals surface area contributed by atoms with Gasteiger partial charge < -0.3 is 9.72 Å². The molecule has 8 nitrogen and oxygen atoms in total. The molecule has 0 radical (unpaired) electrons. The van der Waals surface area contributed by atoms with E-state index in [1.807, 2.05) is 4.68 Å². The summed E-state index contributed by atoms with van der Waals surface area (Å²) in [6.45, 7) is 8.46. The second kappa shape index (κ2) is 9.96. The number of rotatable bonds is 8.